The second-order valence-electron chi connectivity index (χ2n) is 6.59. The number of amides is 1. The molecule has 27 heavy (non-hydrogen) atoms. The van der Waals surface area contributed by atoms with Crippen LogP contribution in [-0.4, -0.2) is 66.6 Å². The summed E-state index contributed by atoms with van der Waals surface area (Å²) in [7, 11) is -3.14. The molecule has 1 amide bonds. The number of aliphatic imine (C=N–C) groups is 1. The zero-order valence-corrected chi connectivity index (χ0v) is 16.5. The minimum atomic E-state index is -3.14. The van der Waals surface area contributed by atoms with E-state index in [0.29, 0.717) is 5.17 Å². The number of aliphatic carboxylic acids is 1. The van der Waals surface area contributed by atoms with Crippen molar-refractivity contribution in [2.45, 2.75) is 25.1 Å². The van der Waals surface area contributed by atoms with Crippen LogP contribution in [0.3, 0.4) is 0 Å². The zero-order chi connectivity index (χ0) is 19.8. The number of rotatable bonds is 5. The minimum absolute atomic E-state index is 0.0150. The van der Waals surface area contributed by atoms with Crippen LogP contribution in [0, 0.1) is 13.8 Å². The van der Waals surface area contributed by atoms with Gasteiger partial charge in [0.25, 0.3) is 5.91 Å². The number of benzene rings is 1. The van der Waals surface area contributed by atoms with Crippen LogP contribution in [0.1, 0.15) is 11.1 Å². The molecule has 0 spiro atoms. The Morgan fingerprint density at radius 3 is 2.56 bits per heavy atom. The van der Waals surface area contributed by atoms with Gasteiger partial charge >= 0.3 is 5.97 Å². The molecule has 2 aliphatic heterocycles. The molecule has 8 nitrogen and oxygen atoms in total. The zero-order valence-electron chi connectivity index (χ0n) is 14.9. The van der Waals surface area contributed by atoms with Gasteiger partial charge in [0.1, 0.15) is 13.2 Å². The molecule has 2 aliphatic rings. The highest BCUT2D eigenvalue weighted by molar-refractivity contribution is 8.16. The lowest BCUT2D eigenvalue weighted by atomic mass is 10.1. The van der Waals surface area contributed by atoms with Crippen LogP contribution < -0.4 is 4.90 Å². The van der Waals surface area contributed by atoms with Gasteiger partial charge in [-0.3, -0.25) is 4.79 Å². The maximum Gasteiger partial charge on any atom is 0.329 e. The first kappa shape index (κ1) is 19.8. The molecule has 0 bridgehead atoms. The number of amidine groups is 1. The van der Waals surface area contributed by atoms with Crippen molar-refractivity contribution in [3.63, 3.8) is 0 Å². The van der Waals surface area contributed by atoms with Gasteiger partial charge in [0.05, 0.1) is 17.5 Å². The Labute approximate surface area is 161 Å². The number of aryl methyl sites for hydroxylation is 2. The van der Waals surface area contributed by atoms with Gasteiger partial charge in [0.2, 0.25) is 0 Å². The number of ether oxygens (including phenoxy) is 1. The van der Waals surface area contributed by atoms with Crippen LogP contribution >= 0.6 is 11.8 Å². The van der Waals surface area contributed by atoms with Gasteiger partial charge in [-0.2, -0.15) is 4.99 Å². The van der Waals surface area contributed by atoms with Crippen molar-refractivity contribution in [2.75, 3.05) is 29.6 Å². The summed E-state index contributed by atoms with van der Waals surface area (Å²) < 4.78 is 29.0. The Morgan fingerprint density at radius 2 is 1.93 bits per heavy atom. The van der Waals surface area contributed by atoms with Crippen LogP contribution in [0.25, 0.3) is 0 Å². The number of carboxylic acids is 1. The summed E-state index contributed by atoms with van der Waals surface area (Å²) in [6.45, 7) is 2.84. The first-order valence-corrected chi connectivity index (χ1v) is 11.0. The number of anilines is 1. The first-order chi connectivity index (χ1) is 12.7. The van der Waals surface area contributed by atoms with E-state index in [1.807, 2.05) is 36.9 Å². The molecule has 0 saturated carbocycles. The third-order valence-electron chi connectivity index (χ3n) is 4.42. The fraction of sp³-hybridized carbons (Fsp3) is 0.471. The molecule has 2 fully saturated rings. The summed E-state index contributed by atoms with van der Waals surface area (Å²) in [5.41, 5.74) is 2.78. The van der Waals surface area contributed by atoms with Gasteiger partial charge in [0.15, 0.2) is 15.0 Å². The summed E-state index contributed by atoms with van der Waals surface area (Å²) in [5, 5.41) is 8.82. The molecule has 0 aliphatic carbocycles. The Morgan fingerprint density at radius 1 is 1.26 bits per heavy atom. The number of hydrogen-bond acceptors (Lipinski definition) is 6. The lowest BCUT2D eigenvalue weighted by Gasteiger charge is -2.27. The molecule has 0 radical (unpaired) electrons. The lowest BCUT2D eigenvalue weighted by Crippen LogP contribution is -2.38. The number of carboxylic acid groups (broad SMARTS) is 1. The van der Waals surface area contributed by atoms with Gasteiger partial charge in [-0.1, -0.05) is 30.0 Å². The second-order valence-corrected chi connectivity index (χ2v) is 9.95. The van der Waals surface area contributed by atoms with Crippen molar-refractivity contribution >= 4 is 44.3 Å². The third-order valence-corrected chi connectivity index (χ3v) is 7.63. The minimum Gasteiger partial charge on any atom is -0.480 e. The molecule has 2 unspecified atom stereocenters. The normalized spacial score (nSPS) is 25.0. The van der Waals surface area contributed by atoms with Crippen LogP contribution in [0.2, 0.25) is 0 Å². The molecular weight excluding hydrogens is 392 g/mol. The molecule has 1 aromatic carbocycles. The number of para-hydroxylation sites is 1. The molecule has 2 atom stereocenters. The van der Waals surface area contributed by atoms with E-state index in [-0.39, 0.29) is 22.8 Å². The maximum absolute atomic E-state index is 12.1. The summed E-state index contributed by atoms with van der Waals surface area (Å²) in [6.07, 6.45) is 0. The molecule has 1 aromatic rings. The molecule has 0 aromatic heterocycles. The van der Waals surface area contributed by atoms with E-state index in [1.54, 1.807) is 0 Å². The topological polar surface area (TPSA) is 113 Å². The van der Waals surface area contributed by atoms with E-state index in [0.717, 1.165) is 16.8 Å². The van der Waals surface area contributed by atoms with Crippen LogP contribution in [0.15, 0.2) is 23.2 Å². The summed E-state index contributed by atoms with van der Waals surface area (Å²) in [4.78, 5) is 28.5. The van der Waals surface area contributed by atoms with Gasteiger partial charge in [-0.25, -0.2) is 13.2 Å². The lowest BCUT2D eigenvalue weighted by molar-refractivity contribution is -0.143. The number of thioether (sulfide) groups is 1. The van der Waals surface area contributed by atoms with E-state index in [2.05, 4.69) is 4.99 Å². The highest BCUT2D eigenvalue weighted by Gasteiger charge is 2.49. The summed E-state index contributed by atoms with van der Waals surface area (Å²) in [5.74, 6) is -1.70. The molecule has 10 heteroatoms. The van der Waals surface area contributed by atoms with Crippen molar-refractivity contribution in [1.29, 1.82) is 0 Å². The predicted molar refractivity (Wildman–Crippen MR) is 103 cm³/mol. The van der Waals surface area contributed by atoms with Gasteiger partial charge in [0, 0.05) is 10.9 Å². The fourth-order valence-electron chi connectivity index (χ4n) is 3.38. The van der Waals surface area contributed by atoms with E-state index in [9.17, 15) is 18.0 Å². The van der Waals surface area contributed by atoms with Gasteiger partial charge < -0.3 is 14.7 Å². The van der Waals surface area contributed by atoms with Crippen LogP contribution in [0.5, 0.6) is 0 Å². The summed E-state index contributed by atoms with van der Waals surface area (Å²) >= 11 is 1.28. The molecule has 146 valence electrons. The molecule has 2 heterocycles. The van der Waals surface area contributed by atoms with Crippen molar-refractivity contribution in [3.8, 4) is 0 Å². The maximum atomic E-state index is 12.1. The number of nitrogens with zero attached hydrogens (tertiary/aromatic N) is 2. The van der Waals surface area contributed by atoms with Crippen molar-refractivity contribution in [2.24, 2.45) is 4.99 Å². The Bertz CT molecular complexity index is 892. The van der Waals surface area contributed by atoms with E-state index in [4.69, 9.17) is 9.84 Å². The molecule has 3 rings (SSSR count). The van der Waals surface area contributed by atoms with E-state index in [1.165, 1.54) is 11.8 Å². The highest BCUT2D eigenvalue weighted by atomic mass is 32.2. The first-order valence-electron chi connectivity index (χ1n) is 8.31. The Kier molecular flexibility index (Phi) is 5.59. The number of hydrogen-bond donors (Lipinski definition) is 1. The average Bonchev–Trinajstić information content (AvgIpc) is 2.99. The Balaban J connectivity index is 1.92. The standard InChI is InChI=1S/C17H20N2O6S2/c1-10-4-3-5-11(2)16(10)19-12-8-27(23,24)9-13(12)26-17(19)18-14(20)6-25-7-15(21)22/h3-5,12-13H,6-9H2,1-2H3,(H,21,22). The predicted octanol–water partition coefficient (Wildman–Crippen LogP) is 1.01. The third kappa shape index (κ3) is 4.33. The van der Waals surface area contributed by atoms with Crippen LogP contribution in [-0.2, 0) is 24.2 Å². The average molecular weight is 412 g/mol. The summed E-state index contributed by atoms with van der Waals surface area (Å²) in [6, 6.07) is 5.49. The van der Waals surface area contributed by atoms with Gasteiger partial charge in [-0.15, -0.1) is 0 Å². The van der Waals surface area contributed by atoms with E-state index >= 15 is 0 Å². The SMILES string of the molecule is Cc1cccc(C)c1N1C(=NC(=O)COCC(=O)O)SC2CS(=O)(=O)CC21. The number of sulfone groups is 1. The monoisotopic (exact) mass is 412 g/mol. The molecular formula is C17H20N2O6S2. The largest absolute Gasteiger partial charge is 0.480 e. The fourth-order valence-corrected chi connectivity index (χ4v) is 7.29. The Hall–Kier alpha value is -1.91. The molecule has 2 saturated heterocycles. The number of carbonyl (C=O) groups excluding carboxylic acids is 1. The van der Waals surface area contributed by atoms with Crippen LogP contribution in [0.4, 0.5) is 5.69 Å². The second kappa shape index (κ2) is 7.61. The van der Waals surface area contributed by atoms with Gasteiger partial charge in [-0.05, 0) is 25.0 Å². The number of carbonyl (C=O) groups is 2. The number of fused-ring (bicyclic) bond motifs is 1. The van der Waals surface area contributed by atoms with Crippen molar-refractivity contribution in [1.82, 2.24) is 0 Å². The smallest absolute Gasteiger partial charge is 0.329 e. The highest BCUT2D eigenvalue weighted by Crippen LogP contribution is 2.42. The van der Waals surface area contributed by atoms with Crippen molar-refractivity contribution < 1.29 is 27.9 Å². The van der Waals surface area contributed by atoms with Crippen molar-refractivity contribution in [3.05, 3.63) is 29.3 Å². The molecule has 1 N–H and O–H groups in total. The quantitative estimate of drug-likeness (QED) is 0.762. The van der Waals surface area contributed by atoms with E-state index < -0.39 is 34.9 Å².